The second kappa shape index (κ2) is 5.03. The third-order valence-electron chi connectivity index (χ3n) is 4.39. The van der Waals surface area contributed by atoms with Gasteiger partial charge >= 0.3 is 0 Å². The van der Waals surface area contributed by atoms with Crippen LogP contribution in [0.2, 0.25) is 0 Å². The highest BCUT2D eigenvalue weighted by molar-refractivity contribution is 5.21. The van der Waals surface area contributed by atoms with Gasteiger partial charge in [0, 0.05) is 44.1 Å². The van der Waals surface area contributed by atoms with E-state index in [4.69, 9.17) is 4.74 Å². The summed E-state index contributed by atoms with van der Waals surface area (Å²) < 4.78 is 5.50. The molecule has 3 rings (SSSR count). The number of aromatic amines is 1. The number of rotatable bonds is 4. The van der Waals surface area contributed by atoms with Gasteiger partial charge in [0.05, 0.1) is 18.6 Å². The largest absolute Gasteiger partial charge is 0.379 e. The Kier molecular flexibility index (Phi) is 3.41. The van der Waals surface area contributed by atoms with Crippen molar-refractivity contribution in [1.29, 1.82) is 0 Å². The maximum atomic E-state index is 5.50. The van der Waals surface area contributed by atoms with Gasteiger partial charge in [-0.05, 0) is 25.5 Å². The summed E-state index contributed by atoms with van der Waals surface area (Å²) in [6, 6.07) is 4.91. The summed E-state index contributed by atoms with van der Waals surface area (Å²) in [5.74, 6) is 0. The first kappa shape index (κ1) is 12.2. The van der Waals surface area contributed by atoms with E-state index in [1.54, 1.807) is 0 Å². The fourth-order valence-electron chi connectivity index (χ4n) is 3.21. The Morgan fingerprint density at radius 3 is 2.72 bits per heavy atom. The van der Waals surface area contributed by atoms with Gasteiger partial charge in [-0.25, -0.2) is 0 Å². The van der Waals surface area contributed by atoms with Crippen LogP contribution in [-0.2, 0) is 10.2 Å². The quantitative estimate of drug-likeness (QED) is 0.835. The molecule has 4 nitrogen and oxygen atoms in total. The minimum Gasteiger partial charge on any atom is -0.379 e. The molecule has 0 spiro atoms. The van der Waals surface area contributed by atoms with E-state index < -0.39 is 0 Å². The molecule has 2 N–H and O–H groups in total. The Morgan fingerprint density at radius 2 is 2.17 bits per heavy atom. The van der Waals surface area contributed by atoms with Crippen LogP contribution in [0.4, 0.5) is 0 Å². The second-order valence-corrected chi connectivity index (χ2v) is 5.70. The molecule has 100 valence electrons. The van der Waals surface area contributed by atoms with Crippen LogP contribution in [0.15, 0.2) is 18.3 Å². The van der Waals surface area contributed by atoms with Crippen molar-refractivity contribution in [1.82, 2.24) is 15.2 Å². The maximum absolute atomic E-state index is 5.50. The molecule has 0 aliphatic carbocycles. The molecule has 18 heavy (non-hydrogen) atoms. The molecule has 1 aromatic rings. The molecular weight excluding hydrogens is 226 g/mol. The van der Waals surface area contributed by atoms with E-state index in [2.05, 4.69) is 34.3 Å². The van der Waals surface area contributed by atoms with Crippen molar-refractivity contribution in [2.75, 3.05) is 39.4 Å². The molecule has 0 aromatic carbocycles. The van der Waals surface area contributed by atoms with Crippen molar-refractivity contribution < 1.29 is 4.74 Å². The molecule has 2 fully saturated rings. The molecule has 2 aliphatic heterocycles. The lowest BCUT2D eigenvalue weighted by Gasteiger charge is -2.45. The van der Waals surface area contributed by atoms with E-state index in [1.807, 2.05) is 6.20 Å². The number of piperazine rings is 1. The lowest BCUT2D eigenvalue weighted by atomic mass is 9.77. The van der Waals surface area contributed by atoms with Crippen LogP contribution in [0.25, 0.3) is 0 Å². The van der Waals surface area contributed by atoms with E-state index in [0.29, 0.717) is 6.04 Å². The topological polar surface area (TPSA) is 40.3 Å². The first-order valence-electron chi connectivity index (χ1n) is 6.97. The highest BCUT2D eigenvalue weighted by atomic mass is 16.5. The number of hydrogen-bond acceptors (Lipinski definition) is 3. The Morgan fingerprint density at radius 1 is 1.39 bits per heavy atom. The van der Waals surface area contributed by atoms with Crippen LogP contribution in [0, 0.1) is 0 Å². The van der Waals surface area contributed by atoms with E-state index in [-0.39, 0.29) is 5.41 Å². The molecule has 0 saturated carbocycles. The van der Waals surface area contributed by atoms with Gasteiger partial charge in [-0.15, -0.1) is 0 Å². The maximum Gasteiger partial charge on any atom is 0.0600 e. The third kappa shape index (κ3) is 2.20. The number of hydrogen-bond donors (Lipinski definition) is 2. The van der Waals surface area contributed by atoms with Crippen LogP contribution in [0.1, 0.15) is 19.0 Å². The predicted octanol–water partition coefficient (Wildman–Crippen LogP) is 0.966. The van der Waals surface area contributed by atoms with Gasteiger partial charge < -0.3 is 15.0 Å². The summed E-state index contributed by atoms with van der Waals surface area (Å²) >= 11 is 0. The van der Waals surface area contributed by atoms with Crippen molar-refractivity contribution in [3.63, 3.8) is 0 Å². The summed E-state index contributed by atoms with van der Waals surface area (Å²) in [7, 11) is 0. The first-order chi connectivity index (χ1) is 8.80. The van der Waals surface area contributed by atoms with Gasteiger partial charge in [-0.2, -0.15) is 0 Å². The van der Waals surface area contributed by atoms with Gasteiger partial charge in [-0.3, -0.25) is 4.90 Å². The van der Waals surface area contributed by atoms with Gasteiger partial charge in [0.2, 0.25) is 0 Å². The van der Waals surface area contributed by atoms with Crippen molar-refractivity contribution in [3.05, 3.63) is 24.0 Å². The Labute approximate surface area is 109 Å². The normalized spacial score (nSPS) is 25.6. The smallest absolute Gasteiger partial charge is 0.0600 e. The van der Waals surface area contributed by atoms with Crippen LogP contribution in [0.5, 0.6) is 0 Å². The second-order valence-electron chi connectivity index (χ2n) is 5.70. The highest BCUT2D eigenvalue weighted by Gasteiger charge is 2.43. The van der Waals surface area contributed by atoms with Crippen LogP contribution < -0.4 is 5.32 Å². The van der Waals surface area contributed by atoms with Crippen molar-refractivity contribution in [2.45, 2.75) is 24.8 Å². The molecule has 1 atom stereocenters. The lowest BCUT2D eigenvalue weighted by Crippen LogP contribution is -2.54. The van der Waals surface area contributed by atoms with E-state index >= 15 is 0 Å². The molecule has 2 saturated heterocycles. The van der Waals surface area contributed by atoms with Gasteiger partial charge in [0.15, 0.2) is 0 Å². The minimum atomic E-state index is 0.230. The Balaban J connectivity index is 1.66. The summed E-state index contributed by atoms with van der Waals surface area (Å²) in [4.78, 5) is 5.97. The third-order valence-corrected chi connectivity index (χ3v) is 4.39. The average molecular weight is 249 g/mol. The monoisotopic (exact) mass is 249 g/mol. The van der Waals surface area contributed by atoms with E-state index in [1.165, 1.54) is 25.2 Å². The summed E-state index contributed by atoms with van der Waals surface area (Å²) in [5, 5.41) is 3.42. The highest BCUT2D eigenvalue weighted by Crippen LogP contribution is 2.36. The lowest BCUT2D eigenvalue weighted by molar-refractivity contribution is -0.0765. The molecule has 1 aromatic heterocycles. The SMILES string of the molecule is CC(CC1(c2ccc[nH]2)COC1)N1CCNCC1. The van der Waals surface area contributed by atoms with Gasteiger partial charge in [0.1, 0.15) is 0 Å². The van der Waals surface area contributed by atoms with Crippen molar-refractivity contribution in [2.24, 2.45) is 0 Å². The molecule has 2 aliphatic rings. The summed E-state index contributed by atoms with van der Waals surface area (Å²) in [5.41, 5.74) is 1.57. The molecule has 0 radical (unpaired) electrons. The predicted molar refractivity (Wildman–Crippen MR) is 71.8 cm³/mol. The Hall–Kier alpha value is -0.840. The summed E-state index contributed by atoms with van der Waals surface area (Å²) in [6.07, 6.45) is 3.21. The standard InChI is InChI=1S/C14H23N3O/c1-12(17-7-5-15-6-8-17)9-14(10-18-11-14)13-3-2-4-16-13/h2-4,12,15-16H,5-11H2,1H3. The minimum absolute atomic E-state index is 0.230. The van der Waals surface area contributed by atoms with Crippen molar-refractivity contribution >= 4 is 0 Å². The van der Waals surface area contributed by atoms with Crippen molar-refractivity contribution in [3.8, 4) is 0 Å². The molecule has 0 amide bonds. The molecule has 4 heteroatoms. The van der Waals surface area contributed by atoms with Crippen LogP contribution >= 0.6 is 0 Å². The Bertz CT molecular complexity index is 366. The zero-order valence-electron chi connectivity index (χ0n) is 11.1. The zero-order chi connectivity index (χ0) is 12.4. The number of aromatic nitrogens is 1. The van der Waals surface area contributed by atoms with Gasteiger partial charge in [0.25, 0.3) is 0 Å². The molecule has 3 heterocycles. The number of H-pyrrole nitrogens is 1. The number of nitrogens with one attached hydrogen (secondary N) is 2. The number of ether oxygens (including phenoxy) is 1. The fourth-order valence-corrected chi connectivity index (χ4v) is 3.21. The average Bonchev–Trinajstić information content (AvgIpc) is 2.88. The number of nitrogens with zero attached hydrogens (tertiary/aromatic N) is 1. The molecular formula is C14H23N3O. The van der Waals surface area contributed by atoms with E-state index in [0.717, 1.165) is 26.3 Å². The zero-order valence-corrected chi connectivity index (χ0v) is 11.1. The van der Waals surface area contributed by atoms with E-state index in [9.17, 15) is 0 Å². The van der Waals surface area contributed by atoms with Crippen LogP contribution in [0.3, 0.4) is 0 Å². The first-order valence-corrected chi connectivity index (χ1v) is 6.97. The molecule has 1 unspecified atom stereocenters. The summed E-state index contributed by atoms with van der Waals surface area (Å²) in [6.45, 7) is 8.67. The molecule has 0 bridgehead atoms. The fraction of sp³-hybridized carbons (Fsp3) is 0.714. The van der Waals surface area contributed by atoms with Crippen LogP contribution in [-0.4, -0.2) is 55.3 Å². The van der Waals surface area contributed by atoms with Gasteiger partial charge in [-0.1, -0.05) is 0 Å².